The van der Waals surface area contributed by atoms with Gasteiger partial charge < -0.3 is 0 Å². The number of rotatable bonds is 2. The molecule has 2 N–H and O–H groups in total. The van der Waals surface area contributed by atoms with Crippen molar-refractivity contribution in [3.63, 3.8) is 0 Å². The first-order valence-electron chi connectivity index (χ1n) is 7.33. The minimum absolute atomic E-state index is 0. The van der Waals surface area contributed by atoms with Crippen molar-refractivity contribution in [3.05, 3.63) is 77.5 Å². The summed E-state index contributed by atoms with van der Waals surface area (Å²) in [7, 11) is 0. The Balaban J connectivity index is 0.00000169. The number of hydrazine groups is 1. The molecule has 0 radical (unpaired) electrons. The van der Waals surface area contributed by atoms with E-state index < -0.39 is 0 Å². The molecule has 0 saturated heterocycles. The molecule has 2 heterocycles. The van der Waals surface area contributed by atoms with Crippen LogP contribution < -0.4 is 5.43 Å². The highest BCUT2D eigenvalue weighted by molar-refractivity contribution is 8.93. The Morgan fingerprint density at radius 3 is 2.62 bits per heavy atom. The van der Waals surface area contributed by atoms with Gasteiger partial charge in [-0.25, -0.2) is 4.98 Å². The van der Waals surface area contributed by atoms with Crippen molar-refractivity contribution < 1.29 is 4.79 Å². The number of halogens is 1. The van der Waals surface area contributed by atoms with Crippen LogP contribution in [0.1, 0.15) is 21.6 Å². The lowest BCUT2D eigenvalue weighted by Gasteiger charge is -2.18. The average Bonchev–Trinajstić information content (AvgIpc) is 2.91. The molecule has 6 heteroatoms. The van der Waals surface area contributed by atoms with Gasteiger partial charge in [-0.15, -0.1) is 17.0 Å². The minimum atomic E-state index is -0.312. The van der Waals surface area contributed by atoms with Gasteiger partial charge in [0.05, 0.1) is 12.1 Å². The summed E-state index contributed by atoms with van der Waals surface area (Å²) in [4.78, 5) is 16.8. The predicted octanol–water partition coefficient (Wildman–Crippen LogP) is 3.30. The summed E-state index contributed by atoms with van der Waals surface area (Å²) in [6.07, 6.45) is 0. The van der Waals surface area contributed by atoms with Gasteiger partial charge in [0.25, 0.3) is 5.91 Å². The van der Waals surface area contributed by atoms with Gasteiger partial charge in [0.2, 0.25) is 0 Å². The SMILES string of the molecule is Br.N=C1c2ccccc2CN1NC(=O)c1ccc2ccccc2n1. The number of benzene rings is 2. The standard InChI is InChI=1S/C18H14N4O.BrH/c19-17-14-7-3-1-6-13(14)11-22(17)21-18(23)16-10-9-12-5-2-4-8-15(12)20-16;/h1-10,19H,11H2,(H,21,23);1H. The fourth-order valence-electron chi connectivity index (χ4n) is 2.75. The summed E-state index contributed by atoms with van der Waals surface area (Å²) in [5.41, 5.74) is 5.76. The summed E-state index contributed by atoms with van der Waals surface area (Å²) >= 11 is 0. The van der Waals surface area contributed by atoms with Crippen LogP contribution in [0.2, 0.25) is 0 Å². The molecule has 0 fully saturated rings. The third-order valence-electron chi connectivity index (χ3n) is 3.94. The summed E-state index contributed by atoms with van der Waals surface area (Å²) < 4.78 is 0. The van der Waals surface area contributed by atoms with Crippen LogP contribution >= 0.6 is 17.0 Å². The molecule has 0 aliphatic carbocycles. The molecule has 0 atom stereocenters. The first-order valence-corrected chi connectivity index (χ1v) is 7.33. The van der Waals surface area contributed by atoms with E-state index in [0.29, 0.717) is 18.1 Å². The van der Waals surface area contributed by atoms with Gasteiger partial charge in [-0.3, -0.25) is 20.6 Å². The zero-order valence-corrected chi connectivity index (χ0v) is 14.4. The number of nitrogens with zero attached hydrogens (tertiary/aromatic N) is 2. The summed E-state index contributed by atoms with van der Waals surface area (Å²) in [6.45, 7) is 0.494. The molecule has 24 heavy (non-hydrogen) atoms. The van der Waals surface area contributed by atoms with Crippen molar-refractivity contribution >= 4 is 39.6 Å². The second-order valence-corrected chi connectivity index (χ2v) is 5.42. The molecule has 3 aromatic rings. The van der Waals surface area contributed by atoms with Crippen molar-refractivity contribution in [3.8, 4) is 0 Å². The Labute approximate surface area is 149 Å². The number of fused-ring (bicyclic) bond motifs is 2. The normalized spacial score (nSPS) is 12.7. The molecular weight excluding hydrogens is 368 g/mol. The summed E-state index contributed by atoms with van der Waals surface area (Å²) in [5.74, 6) is -0.0111. The number of hydrogen-bond donors (Lipinski definition) is 2. The van der Waals surface area contributed by atoms with Crippen LogP contribution in [0.4, 0.5) is 0 Å². The maximum Gasteiger partial charge on any atom is 0.288 e. The molecule has 0 unspecified atom stereocenters. The lowest BCUT2D eigenvalue weighted by molar-refractivity contribution is 0.0864. The van der Waals surface area contributed by atoms with Crippen LogP contribution in [0.3, 0.4) is 0 Å². The van der Waals surface area contributed by atoms with Crippen LogP contribution in [-0.2, 0) is 6.54 Å². The van der Waals surface area contributed by atoms with Crippen molar-refractivity contribution in [2.45, 2.75) is 6.54 Å². The van der Waals surface area contributed by atoms with Crippen molar-refractivity contribution in [2.24, 2.45) is 0 Å². The second kappa shape index (κ2) is 6.41. The number of carbonyl (C=O) groups excluding carboxylic acids is 1. The number of amidine groups is 1. The number of amides is 1. The van der Waals surface area contributed by atoms with Crippen LogP contribution in [0.15, 0.2) is 60.7 Å². The summed E-state index contributed by atoms with van der Waals surface area (Å²) in [5, 5.41) is 10.7. The number of para-hydroxylation sites is 1. The largest absolute Gasteiger partial charge is 0.288 e. The second-order valence-electron chi connectivity index (χ2n) is 5.42. The number of aromatic nitrogens is 1. The first-order chi connectivity index (χ1) is 11.2. The van der Waals surface area contributed by atoms with Crippen LogP contribution in [0, 0.1) is 5.41 Å². The van der Waals surface area contributed by atoms with Crippen molar-refractivity contribution in [1.29, 1.82) is 5.41 Å². The van der Waals surface area contributed by atoms with Gasteiger partial charge in [-0.05, 0) is 17.7 Å². The van der Waals surface area contributed by atoms with E-state index in [4.69, 9.17) is 5.41 Å². The lowest BCUT2D eigenvalue weighted by Crippen LogP contribution is -2.42. The van der Waals surface area contributed by atoms with Crippen LogP contribution in [-0.4, -0.2) is 21.7 Å². The van der Waals surface area contributed by atoms with E-state index in [2.05, 4.69) is 10.4 Å². The van der Waals surface area contributed by atoms with E-state index in [0.717, 1.165) is 22.0 Å². The van der Waals surface area contributed by atoms with E-state index in [1.54, 1.807) is 11.1 Å². The number of nitrogens with one attached hydrogen (secondary N) is 2. The molecule has 2 aromatic carbocycles. The van der Waals surface area contributed by atoms with E-state index in [1.165, 1.54) is 0 Å². The molecule has 120 valence electrons. The summed E-state index contributed by atoms with van der Waals surface area (Å²) in [6, 6.07) is 18.9. The Morgan fingerprint density at radius 2 is 1.79 bits per heavy atom. The minimum Gasteiger partial charge on any atom is -0.283 e. The maximum atomic E-state index is 12.4. The van der Waals surface area contributed by atoms with Gasteiger partial charge >= 0.3 is 0 Å². The van der Waals surface area contributed by atoms with Gasteiger partial charge in [-0.2, -0.15) is 0 Å². The Kier molecular flexibility index (Phi) is 4.31. The fraction of sp³-hybridized carbons (Fsp3) is 0.0556. The van der Waals surface area contributed by atoms with E-state index in [1.807, 2.05) is 54.6 Å². The van der Waals surface area contributed by atoms with Crippen molar-refractivity contribution in [2.75, 3.05) is 0 Å². The van der Waals surface area contributed by atoms with Crippen LogP contribution in [0.25, 0.3) is 10.9 Å². The maximum absolute atomic E-state index is 12.4. The molecule has 5 nitrogen and oxygen atoms in total. The molecule has 1 aliphatic rings. The molecule has 1 aliphatic heterocycles. The molecule has 4 rings (SSSR count). The number of pyridine rings is 1. The highest BCUT2D eigenvalue weighted by Gasteiger charge is 2.25. The zero-order chi connectivity index (χ0) is 15.8. The van der Waals surface area contributed by atoms with E-state index in [9.17, 15) is 4.79 Å². The highest BCUT2D eigenvalue weighted by atomic mass is 79.9. The number of hydrogen-bond acceptors (Lipinski definition) is 3. The first kappa shape index (κ1) is 16.1. The Morgan fingerprint density at radius 1 is 1.04 bits per heavy atom. The lowest BCUT2D eigenvalue weighted by atomic mass is 10.1. The van der Waals surface area contributed by atoms with Crippen LogP contribution in [0.5, 0.6) is 0 Å². The Hall–Kier alpha value is -2.73. The molecule has 0 spiro atoms. The van der Waals surface area contributed by atoms with Gasteiger partial charge in [0, 0.05) is 10.9 Å². The molecular formula is C18H15BrN4O. The predicted molar refractivity (Wildman–Crippen MR) is 98.3 cm³/mol. The fourth-order valence-corrected chi connectivity index (χ4v) is 2.75. The molecule has 1 amide bonds. The average molecular weight is 383 g/mol. The zero-order valence-electron chi connectivity index (χ0n) is 12.7. The van der Waals surface area contributed by atoms with Gasteiger partial charge in [-0.1, -0.05) is 48.5 Å². The molecule has 1 aromatic heterocycles. The van der Waals surface area contributed by atoms with Gasteiger partial charge in [0.15, 0.2) is 0 Å². The Bertz CT molecular complexity index is 941. The molecule has 0 saturated carbocycles. The third-order valence-corrected chi connectivity index (χ3v) is 3.94. The topological polar surface area (TPSA) is 69.1 Å². The number of carbonyl (C=O) groups is 1. The van der Waals surface area contributed by atoms with E-state index in [-0.39, 0.29) is 22.9 Å². The quantitative estimate of drug-likeness (QED) is 0.714. The molecule has 0 bridgehead atoms. The third kappa shape index (κ3) is 2.76. The monoisotopic (exact) mass is 382 g/mol. The smallest absolute Gasteiger partial charge is 0.283 e. The van der Waals surface area contributed by atoms with E-state index >= 15 is 0 Å². The van der Waals surface area contributed by atoms with Gasteiger partial charge in [0.1, 0.15) is 11.5 Å². The van der Waals surface area contributed by atoms with Crippen molar-refractivity contribution in [1.82, 2.24) is 15.4 Å². The highest BCUT2D eigenvalue weighted by Crippen LogP contribution is 2.20.